The Morgan fingerprint density at radius 1 is 1.42 bits per heavy atom. The second-order valence-electron chi connectivity index (χ2n) is 6.03. The first-order valence-corrected chi connectivity index (χ1v) is 9.33. The van der Waals surface area contributed by atoms with Crippen LogP contribution >= 0.6 is 15.9 Å². The van der Waals surface area contributed by atoms with Crippen molar-refractivity contribution in [2.75, 3.05) is 26.2 Å². The molecule has 1 atom stereocenters. The molecule has 2 amide bonds. The summed E-state index contributed by atoms with van der Waals surface area (Å²) < 4.78 is 6.57. The zero-order valence-electron chi connectivity index (χ0n) is 14.1. The quantitative estimate of drug-likeness (QED) is 0.770. The number of carbonyl (C=O) groups is 2. The van der Waals surface area contributed by atoms with Gasteiger partial charge in [0.1, 0.15) is 5.75 Å². The van der Waals surface area contributed by atoms with Gasteiger partial charge in [0.15, 0.2) is 0 Å². The molecule has 1 fully saturated rings. The summed E-state index contributed by atoms with van der Waals surface area (Å²) in [4.78, 5) is 26.2. The molecule has 1 unspecified atom stereocenters. The lowest BCUT2D eigenvalue weighted by molar-refractivity contribution is -0.136. The van der Waals surface area contributed by atoms with Crippen LogP contribution in [0.4, 0.5) is 0 Å². The first kappa shape index (κ1) is 18.8. The third-order valence-electron chi connectivity index (χ3n) is 4.07. The number of likely N-dealkylation sites (tertiary alicyclic amines) is 1. The van der Waals surface area contributed by atoms with Crippen LogP contribution in [0.15, 0.2) is 28.7 Å². The second kappa shape index (κ2) is 9.67. The van der Waals surface area contributed by atoms with Crippen LogP contribution in [0.5, 0.6) is 5.75 Å². The van der Waals surface area contributed by atoms with Crippen LogP contribution in [0.1, 0.15) is 32.6 Å². The van der Waals surface area contributed by atoms with Gasteiger partial charge in [-0.05, 0) is 37.5 Å². The Bertz CT molecular complexity index is 565. The molecule has 1 aromatic rings. The van der Waals surface area contributed by atoms with E-state index in [-0.39, 0.29) is 17.7 Å². The molecule has 6 heteroatoms. The van der Waals surface area contributed by atoms with E-state index in [4.69, 9.17) is 4.74 Å². The van der Waals surface area contributed by atoms with E-state index in [9.17, 15) is 9.59 Å². The zero-order chi connectivity index (χ0) is 17.4. The van der Waals surface area contributed by atoms with E-state index < -0.39 is 0 Å². The molecule has 0 aliphatic carbocycles. The fourth-order valence-corrected chi connectivity index (χ4v) is 3.16. The van der Waals surface area contributed by atoms with Crippen molar-refractivity contribution in [2.45, 2.75) is 32.6 Å². The van der Waals surface area contributed by atoms with Crippen molar-refractivity contribution in [3.63, 3.8) is 0 Å². The van der Waals surface area contributed by atoms with Crippen molar-refractivity contribution < 1.29 is 14.3 Å². The molecule has 0 aromatic heterocycles. The number of carbonyl (C=O) groups excluding carboxylic acids is 2. The Morgan fingerprint density at radius 3 is 3.00 bits per heavy atom. The van der Waals surface area contributed by atoms with Crippen molar-refractivity contribution in [2.24, 2.45) is 5.92 Å². The summed E-state index contributed by atoms with van der Waals surface area (Å²) >= 11 is 3.39. The molecule has 1 aromatic carbocycles. The standard InChI is InChI=1S/C18H25BrN2O3/c1-2-9-20-18(23)14-5-4-10-21(13-14)17(22)8-11-24-16-7-3-6-15(19)12-16/h3,6-7,12,14H,2,4-5,8-11,13H2,1H3,(H,20,23). The minimum Gasteiger partial charge on any atom is -0.493 e. The Kier molecular flexibility index (Phi) is 7.56. The van der Waals surface area contributed by atoms with E-state index in [0.717, 1.165) is 36.0 Å². The van der Waals surface area contributed by atoms with Crippen LogP contribution < -0.4 is 10.1 Å². The molecule has 1 aliphatic rings. The fourth-order valence-electron chi connectivity index (χ4n) is 2.78. The number of amides is 2. The van der Waals surface area contributed by atoms with E-state index in [1.54, 1.807) is 4.90 Å². The van der Waals surface area contributed by atoms with Crippen LogP contribution in [0, 0.1) is 5.92 Å². The lowest BCUT2D eigenvalue weighted by Gasteiger charge is -2.32. The third kappa shape index (κ3) is 5.82. The number of ether oxygens (including phenoxy) is 1. The molecule has 0 radical (unpaired) electrons. The number of halogens is 1. The summed E-state index contributed by atoms with van der Waals surface area (Å²) in [6, 6.07) is 7.56. The SMILES string of the molecule is CCCNC(=O)C1CCCN(C(=O)CCOc2cccc(Br)c2)C1. The smallest absolute Gasteiger partial charge is 0.226 e. The summed E-state index contributed by atoms with van der Waals surface area (Å²) in [5.41, 5.74) is 0. The van der Waals surface area contributed by atoms with Gasteiger partial charge in [-0.15, -0.1) is 0 Å². The van der Waals surface area contributed by atoms with Gasteiger partial charge in [0.2, 0.25) is 11.8 Å². The predicted molar refractivity (Wildman–Crippen MR) is 96.9 cm³/mol. The molecule has 24 heavy (non-hydrogen) atoms. The second-order valence-corrected chi connectivity index (χ2v) is 6.94. The highest BCUT2D eigenvalue weighted by Gasteiger charge is 2.27. The molecule has 1 N–H and O–H groups in total. The van der Waals surface area contributed by atoms with E-state index in [1.807, 2.05) is 31.2 Å². The number of hydrogen-bond acceptors (Lipinski definition) is 3. The summed E-state index contributed by atoms with van der Waals surface area (Å²) in [6.45, 7) is 4.32. The Morgan fingerprint density at radius 2 is 2.25 bits per heavy atom. The van der Waals surface area contributed by atoms with Crippen LogP contribution in [0.3, 0.4) is 0 Å². The Hall–Kier alpha value is -1.56. The summed E-state index contributed by atoms with van der Waals surface area (Å²) in [5, 5.41) is 2.93. The first-order chi connectivity index (χ1) is 11.6. The number of piperidine rings is 1. The maximum absolute atomic E-state index is 12.3. The minimum atomic E-state index is -0.0831. The molecule has 2 rings (SSSR count). The predicted octanol–water partition coefficient (Wildman–Crippen LogP) is 2.98. The van der Waals surface area contributed by atoms with E-state index in [0.29, 0.717) is 26.1 Å². The lowest BCUT2D eigenvalue weighted by Crippen LogP contribution is -2.45. The van der Waals surface area contributed by atoms with Crippen LogP contribution in [-0.2, 0) is 9.59 Å². The van der Waals surface area contributed by atoms with Crippen molar-refractivity contribution in [1.29, 1.82) is 0 Å². The average molecular weight is 397 g/mol. The van der Waals surface area contributed by atoms with Gasteiger partial charge in [0.05, 0.1) is 18.9 Å². The molecular weight excluding hydrogens is 372 g/mol. The highest BCUT2D eigenvalue weighted by molar-refractivity contribution is 9.10. The van der Waals surface area contributed by atoms with Gasteiger partial charge < -0.3 is 15.0 Å². The van der Waals surface area contributed by atoms with Crippen molar-refractivity contribution >= 4 is 27.7 Å². The number of nitrogens with zero attached hydrogens (tertiary/aromatic N) is 1. The van der Waals surface area contributed by atoms with E-state index in [1.165, 1.54) is 0 Å². The Labute approximate surface area is 151 Å². The van der Waals surface area contributed by atoms with Gasteiger partial charge in [-0.25, -0.2) is 0 Å². The largest absolute Gasteiger partial charge is 0.493 e. The van der Waals surface area contributed by atoms with Gasteiger partial charge in [-0.2, -0.15) is 0 Å². The highest BCUT2D eigenvalue weighted by atomic mass is 79.9. The first-order valence-electron chi connectivity index (χ1n) is 8.54. The van der Waals surface area contributed by atoms with Gasteiger partial charge in [0.25, 0.3) is 0 Å². The summed E-state index contributed by atoms with van der Waals surface area (Å²) in [5.74, 6) is 0.783. The highest BCUT2D eigenvalue weighted by Crippen LogP contribution is 2.19. The minimum absolute atomic E-state index is 0.0537. The summed E-state index contributed by atoms with van der Waals surface area (Å²) in [7, 11) is 0. The molecule has 0 spiro atoms. The molecule has 0 bridgehead atoms. The van der Waals surface area contributed by atoms with Crippen molar-refractivity contribution in [3.05, 3.63) is 28.7 Å². The van der Waals surface area contributed by atoms with E-state index in [2.05, 4.69) is 21.2 Å². The normalized spacial score (nSPS) is 17.4. The van der Waals surface area contributed by atoms with Crippen LogP contribution in [-0.4, -0.2) is 43.0 Å². The van der Waals surface area contributed by atoms with Gasteiger partial charge in [0, 0.05) is 24.1 Å². The maximum atomic E-state index is 12.3. The maximum Gasteiger partial charge on any atom is 0.226 e. The number of hydrogen-bond donors (Lipinski definition) is 1. The lowest BCUT2D eigenvalue weighted by atomic mass is 9.97. The van der Waals surface area contributed by atoms with Gasteiger partial charge in [-0.3, -0.25) is 9.59 Å². The topological polar surface area (TPSA) is 58.6 Å². The van der Waals surface area contributed by atoms with Crippen LogP contribution in [0.25, 0.3) is 0 Å². The molecule has 5 nitrogen and oxygen atoms in total. The van der Waals surface area contributed by atoms with Gasteiger partial charge in [-0.1, -0.05) is 28.9 Å². The summed E-state index contributed by atoms with van der Waals surface area (Å²) in [6.07, 6.45) is 2.99. The molecule has 132 valence electrons. The molecule has 0 saturated carbocycles. The van der Waals surface area contributed by atoms with Crippen LogP contribution in [0.2, 0.25) is 0 Å². The zero-order valence-corrected chi connectivity index (χ0v) is 15.7. The molecule has 1 saturated heterocycles. The van der Waals surface area contributed by atoms with Crippen molar-refractivity contribution in [1.82, 2.24) is 10.2 Å². The molecular formula is C18H25BrN2O3. The number of benzene rings is 1. The van der Waals surface area contributed by atoms with Crippen molar-refractivity contribution in [3.8, 4) is 5.75 Å². The fraction of sp³-hybridized carbons (Fsp3) is 0.556. The number of nitrogens with one attached hydrogen (secondary N) is 1. The Balaban J connectivity index is 1.76. The van der Waals surface area contributed by atoms with Gasteiger partial charge >= 0.3 is 0 Å². The monoisotopic (exact) mass is 396 g/mol. The number of rotatable bonds is 7. The van der Waals surface area contributed by atoms with E-state index >= 15 is 0 Å². The average Bonchev–Trinajstić information content (AvgIpc) is 2.59. The molecule has 1 heterocycles. The molecule has 1 aliphatic heterocycles. The third-order valence-corrected chi connectivity index (χ3v) is 4.57.